The predicted molar refractivity (Wildman–Crippen MR) is 123 cm³/mol. The van der Waals surface area contributed by atoms with Crippen LogP contribution in [-0.2, 0) is 9.59 Å². The van der Waals surface area contributed by atoms with Gasteiger partial charge in [-0.3, -0.25) is 14.0 Å². The lowest BCUT2D eigenvalue weighted by Crippen LogP contribution is -2.32. The molecule has 2 aromatic heterocycles. The molecule has 0 unspecified atom stereocenters. The first-order valence-electron chi connectivity index (χ1n) is 10.7. The van der Waals surface area contributed by atoms with Gasteiger partial charge in [0.05, 0.1) is 17.3 Å². The minimum absolute atomic E-state index is 0.109. The van der Waals surface area contributed by atoms with Gasteiger partial charge in [-0.2, -0.15) is 0 Å². The maximum absolute atomic E-state index is 13.2. The van der Waals surface area contributed by atoms with Gasteiger partial charge in [-0.1, -0.05) is 36.4 Å². The Labute approximate surface area is 187 Å². The summed E-state index contributed by atoms with van der Waals surface area (Å²) in [6, 6.07) is 12.6. The fourth-order valence-electron chi connectivity index (χ4n) is 4.38. The topological polar surface area (TPSA) is 78.1 Å². The number of amides is 1. The van der Waals surface area contributed by atoms with Crippen LogP contribution in [0.3, 0.4) is 0 Å². The van der Waals surface area contributed by atoms with E-state index in [-0.39, 0.29) is 11.3 Å². The third kappa shape index (κ3) is 3.69. The molecule has 1 fully saturated rings. The third-order valence-electron chi connectivity index (χ3n) is 5.90. The Morgan fingerprint density at radius 3 is 2.50 bits per heavy atom. The zero-order valence-electron chi connectivity index (χ0n) is 18.9. The molecule has 3 heterocycles. The van der Waals surface area contributed by atoms with Crippen molar-refractivity contribution in [3.05, 3.63) is 76.7 Å². The molecule has 0 radical (unpaired) electrons. The maximum Gasteiger partial charge on any atom is 0.295 e. The minimum Gasteiger partial charge on any atom is -0.505 e. The van der Waals surface area contributed by atoms with E-state index in [4.69, 9.17) is 0 Å². The van der Waals surface area contributed by atoms with Crippen molar-refractivity contribution in [3.63, 3.8) is 0 Å². The van der Waals surface area contributed by atoms with Crippen LogP contribution in [0.2, 0.25) is 0 Å². The van der Waals surface area contributed by atoms with Crippen LogP contribution in [0.4, 0.5) is 0 Å². The number of nitrogens with zero attached hydrogens (tertiary/aromatic N) is 4. The first kappa shape index (κ1) is 21.8. The molecule has 1 atom stereocenters. The summed E-state index contributed by atoms with van der Waals surface area (Å²) in [6.07, 6.45) is 2.53. The Morgan fingerprint density at radius 2 is 1.81 bits per heavy atom. The van der Waals surface area contributed by atoms with E-state index >= 15 is 0 Å². The van der Waals surface area contributed by atoms with Gasteiger partial charge in [-0.15, -0.1) is 0 Å². The summed E-state index contributed by atoms with van der Waals surface area (Å²) >= 11 is 0. The lowest BCUT2D eigenvalue weighted by Gasteiger charge is -2.26. The molecular weight excluding hydrogens is 404 g/mol. The molecule has 0 spiro atoms. The summed E-state index contributed by atoms with van der Waals surface area (Å²) in [5.41, 5.74) is 3.61. The Balaban J connectivity index is 1.88. The van der Waals surface area contributed by atoms with Gasteiger partial charge in [0.1, 0.15) is 11.3 Å². The second-order valence-corrected chi connectivity index (χ2v) is 8.49. The Hall–Kier alpha value is -3.45. The van der Waals surface area contributed by atoms with Gasteiger partial charge in [0, 0.05) is 12.7 Å². The van der Waals surface area contributed by atoms with E-state index in [1.54, 1.807) is 16.2 Å². The van der Waals surface area contributed by atoms with Gasteiger partial charge in [0.25, 0.3) is 11.7 Å². The second kappa shape index (κ2) is 8.59. The van der Waals surface area contributed by atoms with E-state index in [9.17, 15) is 14.7 Å². The van der Waals surface area contributed by atoms with Crippen molar-refractivity contribution < 1.29 is 14.7 Å². The molecule has 7 nitrogen and oxygen atoms in total. The minimum atomic E-state index is -0.664. The normalized spacial score (nSPS) is 18.3. The van der Waals surface area contributed by atoms with Crippen molar-refractivity contribution in [1.29, 1.82) is 0 Å². The molecule has 1 aromatic carbocycles. The number of hydrogen-bond donors (Lipinski definition) is 1. The summed E-state index contributed by atoms with van der Waals surface area (Å²) in [5.74, 6) is -1.44. The van der Waals surface area contributed by atoms with Crippen LogP contribution >= 0.6 is 0 Å². The summed E-state index contributed by atoms with van der Waals surface area (Å²) < 4.78 is 1.78. The smallest absolute Gasteiger partial charge is 0.295 e. The van der Waals surface area contributed by atoms with Gasteiger partial charge in [0.2, 0.25) is 0 Å². The summed E-state index contributed by atoms with van der Waals surface area (Å²) in [6.45, 7) is 4.95. The number of Topliss-reactive ketones (excluding diaryl/α,β-unsaturated/α-hetero) is 1. The highest BCUT2D eigenvalue weighted by molar-refractivity contribution is 6.46. The van der Waals surface area contributed by atoms with Crippen molar-refractivity contribution in [2.24, 2.45) is 0 Å². The number of aliphatic hydroxyl groups excluding tert-OH is 1. The monoisotopic (exact) mass is 432 g/mol. The molecule has 32 heavy (non-hydrogen) atoms. The lowest BCUT2D eigenvalue weighted by molar-refractivity contribution is -0.139. The van der Waals surface area contributed by atoms with E-state index in [0.717, 1.165) is 24.1 Å². The highest BCUT2D eigenvalue weighted by Crippen LogP contribution is 2.40. The molecule has 1 amide bonds. The van der Waals surface area contributed by atoms with Crippen molar-refractivity contribution in [3.8, 4) is 0 Å². The largest absolute Gasteiger partial charge is 0.505 e. The zero-order chi connectivity index (χ0) is 23.0. The average molecular weight is 433 g/mol. The Bertz CT molecular complexity index is 1210. The van der Waals surface area contributed by atoms with E-state index in [1.807, 2.05) is 74.6 Å². The first-order valence-corrected chi connectivity index (χ1v) is 10.7. The SMILES string of the molecule is Cc1nc2c(C)cccn2c1/C(O)=C1\C(=O)C(=O)N(CCCN(C)C)[C@H]1c1ccccc1. The summed E-state index contributed by atoms with van der Waals surface area (Å²) in [7, 11) is 3.94. The molecule has 4 rings (SSSR count). The van der Waals surface area contributed by atoms with Crippen molar-refractivity contribution in [2.45, 2.75) is 26.3 Å². The van der Waals surface area contributed by atoms with Crippen LogP contribution in [0.15, 0.2) is 54.2 Å². The molecule has 1 aliphatic rings. The van der Waals surface area contributed by atoms with Gasteiger partial charge in [-0.25, -0.2) is 4.98 Å². The number of hydrogen-bond acceptors (Lipinski definition) is 5. The average Bonchev–Trinajstić information content (AvgIpc) is 3.23. The Kier molecular flexibility index (Phi) is 5.84. The van der Waals surface area contributed by atoms with E-state index in [0.29, 0.717) is 23.6 Å². The van der Waals surface area contributed by atoms with E-state index in [2.05, 4.69) is 4.98 Å². The van der Waals surface area contributed by atoms with Crippen LogP contribution in [0.25, 0.3) is 11.4 Å². The van der Waals surface area contributed by atoms with Crippen molar-refractivity contribution in [2.75, 3.05) is 27.2 Å². The number of aromatic nitrogens is 2. The number of ketones is 1. The molecule has 166 valence electrons. The maximum atomic E-state index is 13.2. The van der Waals surface area contributed by atoms with Crippen LogP contribution in [-0.4, -0.2) is 63.2 Å². The number of imidazole rings is 1. The van der Waals surface area contributed by atoms with E-state index in [1.165, 1.54) is 0 Å². The van der Waals surface area contributed by atoms with Gasteiger partial charge in [-0.05, 0) is 58.1 Å². The van der Waals surface area contributed by atoms with Crippen LogP contribution in [0.5, 0.6) is 0 Å². The molecule has 7 heteroatoms. The molecule has 0 bridgehead atoms. The Morgan fingerprint density at radius 1 is 1.09 bits per heavy atom. The number of carbonyl (C=O) groups excluding carboxylic acids is 2. The number of pyridine rings is 1. The van der Waals surface area contributed by atoms with Crippen molar-refractivity contribution >= 4 is 23.1 Å². The molecule has 1 saturated heterocycles. The zero-order valence-corrected chi connectivity index (χ0v) is 18.9. The second-order valence-electron chi connectivity index (χ2n) is 8.49. The van der Waals surface area contributed by atoms with Gasteiger partial charge >= 0.3 is 0 Å². The number of rotatable bonds is 6. The van der Waals surface area contributed by atoms with Crippen molar-refractivity contribution in [1.82, 2.24) is 19.2 Å². The summed E-state index contributed by atoms with van der Waals surface area (Å²) in [4.78, 5) is 34.5. The van der Waals surface area contributed by atoms with Gasteiger partial charge in [0.15, 0.2) is 5.76 Å². The fraction of sp³-hybridized carbons (Fsp3) is 0.320. The number of aliphatic hydroxyl groups is 1. The fourth-order valence-corrected chi connectivity index (χ4v) is 4.38. The molecule has 3 aromatic rings. The van der Waals surface area contributed by atoms with Gasteiger partial charge < -0.3 is 14.9 Å². The number of aryl methyl sites for hydroxylation is 2. The highest BCUT2D eigenvalue weighted by atomic mass is 16.3. The van der Waals surface area contributed by atoms with Crippen LogP contribution in [0, 0.1) is 13.8 Å². The predicted octanol–water partition coefficient (Wildman–Crippen LogP) is 3.32. The van der Waals surface area contributed by atoms with Crippen LogP contribution in [0.1, 0.15) is 35.0 Å². The van der Waals surface area contributed by atoms with Crippen LogP contribution < -0.4 is 0 Å². The van der Waals surface area contributed by atoms with E-state index < -0.39 is 17.7 Å². The standard InChI is InChI=1S/C25H28N4O3/c1-16-10-8-14-28-20(17(2)26-24(16)28)22(30)19-21(18-11-6-5-7-12-18)29(25(32)23(19)31)15-9-13-27(3)4/h5-8,10-12,14,21,30H,9,13,15H2,1-4H3/b22-19+/t21-/m0/s1. The molecule has 1 N–H and O–H groups in total. The highest BCUT2D eigenvalue weighted by Gasteiger charge is 2.46. The number of benzene rings is 1. The molecular formula is C25H28N4O3. The lowest BCUT2D eigenvalue weighted by atomic mass is 9.96. The first-order chi connectivity index (χ1) is 15.3. The number of fused-ring (bicyclic) bond motifs is 1. The summed E-state index contributed by atoms with van der Waals surface area (Å²) in [5, 5.41) is 11.4. The molecule has 0 aliphatic carbocycles. The number of carbonyl (C=O) groups is 2. The third-order valence-corrected chi connectivity index (χ3v) is 5.90. The number of likely N-dealkylation sites (tertiary alicyclic amines) is 1. The molecule has 0 saturated carbocycles. The quantitative estimate of drug-likeness (QED) is 0.367. The molecule has 1 aliphatic heterocycles.